The Morgan fingerprint density at radius 3 is 2.50 bits per heavy atom. The SMILES string of the molecule is OC1CCC(c2ccc(F)cc2)NC1. The van der Waals surface area contributed by atoms with Gasteiger partial charge in [-0.2, -0.15) is 0 Å². The standard InChI is InChI=1S/C11H14FNO/c12-9-3-1-8(2-4-9)11-6-5-10(14)7-13-11/h1-4,10-11,13-14H,5-7H2. The zero-order chi connectivity index (χ0) is 9.97. The van der Waals surface area contributed by atoms with Crippen molar-refractivity contribution in [3.05, 3.63) is 35.6 Å². The van der Waals surface area contributed by atoms with E-state index in [1.165, 1.54) is 12.1 Å². The monoisotopic (exact) mass is 195 g/mol. The summed E-state index contributed by atoms with van der Waals surface area (Å²) in [6.07, 6.45) is 1.49. The largest absolute Gasteiger partial charge is 0.392 e. The Morgan fingerprint density at radius 2 is 1.93 bits per heavy atom. The van der Waals surface area contributed by atoms with Gasteiger partial charge in [0.15, 0.2) is 0 Å². The second kappa shape index (κ2) is 4.07. The van der Waals surface area contributed by atoms with Gasteiger partial charge in [0.2, 0.25) is 0 Å². The lowest BCUT2D eigenvalue weighted by Gasteiger charge is -2.27. The number of aliphatic hydroxyl groups excluding tert-OH is 1. The van der Waals surface area contributed by atoms with E-state index < -0.39 is 0 Å². The molecule has 2 rings (SSSR count). The normalized spacial score (nSPS) is 27.6. The van der Waals surface area contributed by atoms with Crippen LogP contribution in [0.15, 0.2) is 24.3 Å². The molecule has 2 unspecified atom stereocenters. The van der Waals surface area contributed by atoms with E-state index >= 15 is 0 Å². The zero-order valence-corrected chi connectivity index (χ0v) is 7.91. The number of aliphatic hydroxyl groups is 1. The molecule has 3 heteroatoms. The molecule has 1 heterocycles. The van der Waals surface area contributed by atoms with E-state index in [1.807, 2.05) is 0 Å². The van der Waals surface area contributed by atoms with Crippen molar-refractivity contribution in [2.24, 2.45) is 0 Å². The summed E-state index contributed by atoms with van der Waals surface area (Å²) in [5.41, 5.74) is 1.10. The molecule has 0 amide bonds. The van der Waals surface area contributed by atoms with Crippen molar-refractivity contribution in [3.8, 4) is 0 Å². The molecule has 1 saturated heterocycles. The van der Waals surface area contributed by atoms with Crippen LogP contribution in [0.3, 0.4) is 0 Å². The summed E-state index contributed by atoms with van der Waals surface area (Å²) >= 11 is 0. The second-order valence-electron chi connectivity index (χ2n) is 3.74. The molecule has 2 nitrogen and oxygen atoms in total. The molecule has 1 aromatic carbocycles. The number of rotatable bonds is 1. The fourth-order valence-electron chi connectivity index (χ4n) is 1.82. The molecule has 0 radical (unpaired) electrons. The minimum Gasteiger partial charge on any atom is -0.392 e. The van der Waals surface area contributed by atoms with Crippen LogP contribution in [-0.2, 0) is 0 Å². The number of hydrogen-bond acceptors (Lipinski definition) is 2. The van der Waals surface area contributed by atoms with Gasteiger partial charge in [0, 0.05) is 12.6 Å². The van der Waals surface area contributed by atoms with E-state index in [0.717, 1.165) is 18.4 Å². The van der Waals surface area contributed by atoms with E-state index in [0.29, 0.717) is 6.54 Å². The van der Waals surface area contributed by atoms with Crippen molar-refractivity contribution in [2.75, 3.05) is 6.54 Å². The van der Waals surface area contributed by atoms with Crippen LogP contribution in [0.25, 0.3) is 0 Å². The Kier molecular flexibility index (Phi) is 2.79. The third-order valence-electron chi connectivity index (χ3n) is 2.66. The van der Waals surface area contributed by atoms with E-state index in [2.05, 4.69) is 5.32 Å². The molecule has 0 bridgehead atoms. The van der Waals surface area contributed by atoms with Crippen LogP contribution >= 0.6 is 0 Å². The molecule has 0 aliphatic carbocycles. The minimum atomic E-state index is -0.230. The number of piperidine rings is 1. The van der Waals surface area contributed by atoms with Crippen LogP contribution in [-0.4, -0.2) is 17.8 Å². The van der Waals surface area contributed by atoms with Crippen LogP contribution in [0.4, 0.5) is 4.39 Å². The molecule has 1 aromatic rings. The van der Waals surface area contributed by atoms with Gasteiger partial charge in [0.25, 0.3) is 0 Å². The molecule has 1 aliphatic heterocycles. The van der Waals surface area contributed by atoms with Crippen LogP contribution in [0.5, 0.6) is 0 Å². The smallest absolute Gasteiger partial charge is 0.123 e. The van der Waals surface area contributed by atoms with Gasteiger partial charge in [-0.1, -0.05) is 12.1 Å². The first-order chi connectivity index (χ1) is 6.75. The summed E-state index contributed by atoms with van der Waals surface area (Å²) in [5.74, 6) is -0.204. The van der Waals surface area contributed by atoms with Gasteiger partial charge in [-0.05, 0) is 30.5 Å². The van der Waals surface area contributed by atoms with Gasteiger partial charge in [-0.15, -0.1) is 0 Å². The lowest BCUT2D eigenvalue weighted by atomic mass is 9.96. The number of nitrogens with one attached hydrogen (secondary N) is 1. The molecular weight excluding hydrogens is 181 g/mol. The quantitative estimate of drug-likeness (QED) is 0.713. The van der Waals surface area contributed by atoms with Crippen LogP contribution < -0.4 is 5.32 Å². The van der Waals surface area contributed by atoms with Crippen molar-refractivity contribution in [3.63, 3.8) is 0 Å². The first-order valence-corrected chi connectivity index (χ1v) is 4.92. The van der Waals surface area contributed by atoms with Crippen LogP contribution in [0.1, 0.15) is 24.4 Å². The van der Waals surface area contributed by atoms with Gasteiger partial charge in [-0.3, -0.25) is 0 Å². The lowest BCUT2D eigenvalue weighted by molar-refractivity contribution is 0.126. The Bertz CT molecular complexity index is 291. The Hall–Kier alpha value is -0.930. The molecule has 1 aliphatic rings. The zero-order valence-electron chi connectivity index (χ0n) is 7.91. The average molecular weight is 195 g/mol. The molecule has 0 spiro atoms. The number of hydrogen-bond donors (Lipinski definition) is 2. The van der Waals surface area contributed by atoms with E-state index in [1.54, 1.807) is 12.1 Å². The highest BCUT2D eigenvalue weighted by molar-refractivity contribution is 5.20. The van der Waals surface area contributed by atoms with Gasteiger partial charge in [0.05, 0.1) is 6.10 Å². The summed E-state index contributed by atoms with van der Waals surface area (Å²) in [6.45, 7) is 0.627. The maximum absolute atomic E-state index is 12.7. The molecule has 76 valence electrons. The Morgan fingerprint density at radius 1 is 1.21 bits per heavy atom. The van der Waals surface area contributed by atoms with Gasteiger partial charge < -0.3 is 10.4 Å². The molecule has 0 aromatic heterocycles. The highest BCUT2D eigenvalue weighted by atomic mass is 19.1. The summed E-state index contributed by atoms with van der Waals surface area (Å²) in [4.78, 5) is 0. The fourth-order valence-corrected chi connectivity index (χ4v) is 1.82. The van der Waals surface area contributed by atoms with Crippen LogP contribution in [0, 0.1) is 5.82 Å². The van der Waals surface area contributed by atoms with Gasteiger partial charge in [-0.25, -0.2) is 4.39 Å². The first-order valence-electron chi connectivity index (χ1n) is 4.92. The highest BCUT2D eigenvalue weighted by Crippen LogP contribution is 2.22. The lowest BCUT2D eigenvalue weighted by Crippen LogP contribution is -2.36. The molecule has 0 saturated carbocycles. The Balaban J connectivity index is 2.05. The maximum atomic E-state index is 12.7. The predicted octanol–water partition coefficient (Wildman–Crippen LogP) is 1.61. The van der Waals surface area contributed by atoms with Crippen molar-refractivity contribution >= 4 is 0 Å². The average Bonchev–Trinajstić information content (AvgIpc) is 2.21. The van der Waals surface area contributed by atoms with Gasteiger partial charge >= 0.3 is 0 Å². The van der Waals surface area contributed by atoms with E-state index in [9.17, 15) is 9.50 Å². The summed E-state index contributed by atoms with van der Waals surface area (Å²) < 4.78 is 12.7. The molecule has 2 atom stereocenters. The minimum absolute atomic E-state index is 0.204. The molecule has 14 heavy (non-hydrogen) atoms. The molecule has 2 N–H and O–H groups in total. The predicted molar refractivity (Wildman–Crippen MR) is 52.4 cm³/mol. The third kappa shape index (κ3) is 2.11. The number of β-amino-alcohol motifs (C(OH)–C–C–N with tert-alkyl or cyclic N) is 1. The maximum Gasteiger partial charge on any atom is 0.123 e. The third-order valence-corrected chi connectivity index (χ3v) is 2.66. The van der Waals surface area contributed by atoms with Crippen molar-refractivity contribution in [1.29, 1.82) is 0 Å². The summed E-state index contributed by atoms with van der Waals surface area (Å²) in [5, 5.41) is 12.5. The van der Waals surface area contributed by atoms with E-state index in [-0.39, 0.29) is 18.0 Å². The number of halogens is 1. The van der Waals surface area contributed by atoms with Crippen LogP contribution in [0.2, 0.25) is 0 Å². The first kappa shape index (κ1) is 9.62. The highest BCUT2D eigenvalue weighted by Gasteiger charge is 2.19. The summed E-state index contributed by atoms with van der Waals surface area (Å²) in [6, 6.07) is 6.80. The Labute approximate surface area is 82.8 Å². The fraction of sp³-hybridized carbons (Fsp3) is 0.455. The van der Waals surface area contributed by atoms with Crippen molar-refractivity contribution in [2.45, 2.75) is 25.0 Å². The number of benzene rings is 1. The van der Waals surface area contributed by atoms with E-state index in [4.69, 9.17) is 0 Å². The van der Waals surface area contributed by atoms with Gasteiger partial charge in [0.1, 0.15) is 5.82 Å². The van der Waals surface area contributed by atoms with Crippen molar-refractivity contribution < 1.29 is 9.50 Å². The van der Waals surface area contributed by atoms with Crippen molar-refractivity contribution in [1.82, 2.24) is 5.32 Å². The topological polar surface area (TPSA) is 32.3 Å². The molecule has 1 fully saturated rings. The summed E-state index contributed by atoms with van der Waals surface area (Å²) in [7, 11) is 0. The molecular formula is C11H14FNO. The second-order valence-corrected chi connectivity index (χ2v) is 3.74.